The molecule has 1 rings (SSSR count). The molecule has 13 heavy (non-hydrogen) atoms. The van der Waals surface area contributed by atoms with Crippen LogP contribution in [-0.2, 0) is 11.2 Å². The average Bonchev–Trinajstić information content (AvgIpc) is 2.11. The van der Waals surface area contributed by atoms with Gasteiger partial charge in [0.25, 0.3) is 0 Å². The third-order valence-corrected chi connectivity index (χ3v) is 1.82. The van der Waals surface area contributed by atoms with E-state index in [1.165, 1.54) is 18.2 Å². The van der Waals surface area contributed by atoms with Crippen molar-refractivity contribution < 1.29 is 13.6 Å². The first kappa shape index (κ1) is 9.84. The first-order valence-electron chi connectivity index (χ1n) is 4.03. The quantitative estimate of drug-likeness (QED) is 0.659. The van der Waals surface area contributed by atoms with Crippen molar-refractivity contribution in [2.24, 2.45) is 5.92 Å². The molecule has 0 aliphatic heterocycles. The lowest BCUT2D eigenvalue weighted by Gasteiger charge is -2.05. The molecule has 0 amide bonds. The van der Waals surface area contributed by atoms with Gasteiger partial charge < -0.3 is 4.79 Å². The number of carbonyl (C=O) groups excluding carboxylic acids is 1. The van der Waals surface area contributed by atoms with Gasteiger partial charge in [-0.3, -0.25) is 0 Å². The van der Waals surface area contributed by atoms with E-state index in [2.05, 4.69) is 0 Å². The predicted molar refractivity (Wildman–Crippen MR) is 45.3 cm³/mol. The van der Waals surface area contributed by atoms with Gasteiger partial charge in [0.2, 0.25) is 0 Å². The topological polar surface area (TPSA) is 17.1 Å². The molecule has 70 valence electrons. The Bertz CT molecular complexity index is 290. The summed E-state index contributed by atoms with van der Waals surface area (Å²) in [4.78, 5) is 10.3. The van der Waals surface area contributed by atoms with Crippen LogP contribution in [0.3, 0.4) is 0 Å². The Morgan fingerprint density at radius 1 is 1.38 bits per heavy atom. The molecule has 0 bridgehead atoms. The Labute approximate surface area is 75.4 Å². The molecule has 0 aromatic heterocycles. The zero-order chi connectivity index (χ0) is 9.84. The van der Waals surface area contributed by atoms with Crippen LogP contribution in [0.25, 0.3) is 0 Å². The number of rotatable bonds is 3. The van der Waals surface area contributed by atoms with E-state index >= 15 is 0 Å². The van der Waals surface area contributed by atoms with Crippen molar-refractivity contribution >= 4 is 6.29 Å². The molecule has 0 saturated heterocycles. The highest BCUT2D eigenvalue weighted by atomic mass is 19.1. The van der Waals surface area contributed by atoms with Crippen LogP contribution in [0.5, 0.6) is 0 Å². The van der Waals surface area contributed by atoms with E-state index in [1.807, 2.05) is 0 Å². The van der Waals surface area contributed by atoms with Crippen LogP contribution >= 0.6 is 0 Å². The van der Waals surface area contributed by atoms with E-state index in [9.17, 15) is 13.6 Å². The highest BCUT2D eigenvalue weighted by Crippen LogP contribution is 2.15. The van der Waals surface area contributed by atoms with Gasteiger partial charge in [0, 0.05) is 11.5 Å². The van der Waals surface area contributed by atoms with Crippen LogP contribution in [0.15, 0.2) is 18.2 Å². The molecule has 1 atom stereocenters. The molecule has 0 fully saturated rings. The smallest absolute Gasteiger partial charge is 0.129 e. The van der Waals surface area contributed by atoms with Crippen LogP contribution in [0, 0.1) is 17.6 Å². The summed E-state index contributed by atoms with van der Waals surface area (Å²) in [6.45, 7) is 1.62. The zero-order valence-electron chi connectivity index (χ0n) is 7.26. The van der Waals surface area contributed by atoms with Crippen molar-refractivity contribution in [2.45, 2.75) is 13.3 Å². The number of halogens is 2. The Kier molecular flexibility index (Phi) is 3.12. The number of hydrogen-bond acceptors (Lipinski definition) is 1. The summed E-state index contributed by atoms with van der Waals surface area (Å²) >= 11 is 0. The van der Waals surface area contributed by atoms with Crippen molar-refractivity contribution in [2.75, 3.05) is 0 Å². The third kappa shape index (κ3) is 2.34. The number of hydrogen-bond donors (Lipinski definition) is 0. The van der Waals surface area contributed by atoms with Gasteiger partial charge in [-0.1, -0.05) is 13.0 Å². The van der Waals surface area contributed by atoms with Crippen LogP contribution in [-0.4, -0.2) is 6.29 Å². The second-order valence-electron chi connectivity index (χ2n) is 3.02. The Morgan fingerprint density at radius 2 is 1.92 bits per heavy atom. The van der Waals surface area contributed by atoms with E-state index in [1.54, 1.807) is 6.92 Å². The molecular weight excluding hydrogens is 174 g/mol. The maximum atomic E-state index is 13.0. The summed E-state index contributed by atoms with van der Waals surface area (Å²) in [7, 11) is 0. The van der Waals surface area contributed by atoms with E-state index in [0.717, 1.165) is 0 Å². The molecule has 1 aromatic carbocycles. The lowest BCUT2D eigenvalue weighted by molar-refractivity contribution is -0.110. The minimum atomic E-state index is -0.589. The number of benzene rings is 1. The average molecular weight is 184 g/mol. The van der Waals surface area contributed by atoms with Crippen molar-refractivity contribution in [1.82, 2.24) is 0 Å². The summed E-state index contributed by atoms with van der Waals surface area (Å²) in [5, 5.41) is 0. The number of aldehydes is 1. The van der Waals surface area contributed by atoms with Gasteiger partial charge in [0.1, 0.15) is 17.9 Å². The molecule has 0 N–H and O–H groups in total. The van der Waals surface area contributed by atoms with E-state index in [4.69, 9.17) is 0 Å². The second kappa shape index (κ2) is 4.12. The highest BCUT2D eigenvalue weighted by molar-refractivity contribution is 5.53. The van der Waals surface area contributed by atoms with Gasteiger partial charge in [0.05, 0.1) is 0 Å². The molecule has 0 aliphatic carbocycles. The predicted octanol–water partition coefficient (Wildman–Crippen LogP) is 2.34. The largest absolute Gasteiger partial charge is 0.303 e. The van der Waals surface area contributed by atoms with E-state index in [0.29, 0.717) is 6.29 Å². The maximum Gasteiger partial charge on any atom is 0.129 e. The first-order valence-corrected chi connectivity index (χ1v) is 4.03. The maximum absolute atomic E-state index is 13.0. The molecular formula is C10H10F2O. The normalized spacial score (nSPS) is 12.5. The van der Waals surface area contributed by atoms with Crippen molar-refractivity contribution in [3.63, 3.8) is 0 Å². The fourth-order valence-corrected chi connectivity index (χ4v) is 1.10. The molecule has 3 heteroatoms. The standard InChI is InChI=1S/C10H10F2O/c1-7(6-13)5-8-9(11)3-2-4-10(8)12/h2-4,6-7H,5H2,1H3. The zero-order valence-corrected chi connectivity index (χ0v) is 7.26. The molecule has 0 radical (unpaired) electrons. The minimum Gasteiger partial charge on any atom is -0.303 e. The summed E-state index contributed by atoms with van der Waals surface area (Å²) in [6.07, 6.45) is 0.799. The van der Waals surface area contributed by atoms with Crippen molar-refractivity contribution in [3.8, 4) is 0 Å². The highest BCUT2D eigenvalue weighted by Gasteiger charge is 2.11. The minimum absolute atomic E-state index is 0.0119. The van der Waals surface area contributed by atoms with Crippen LogP contribution in [0.2, 0.25) is 0 Å². The lowest BCUT2D eigenvalue weighted by atomic mass is 10.0. The van der Waals surface area contributed by atoms with Gasteiger partial charge in [0.15, 0.2) is 0 Å². The monoisotopic (exact) mass is 184 g/mol. The van der Waals surface area contributed by atoms with Gasteiger partial charge in [-0.25, -0.2) is 8.78 Å². The van der Waals surface area contributed by atoms with Crippen molar-refractivity contribution in [1.29, 1.82) is 0 Å². The van der Waals surface area contributed by atoms with E-state index in [-0.39, 0.29) is 17.9 Å². The third-order valence-electron chi connectivity index (χ3n) is 1.82. The SMILES string of the molecule is CC(C=O)Cc1c(F)cccc1F. The fraction of sp³-hybridized carbons (Fsp3) is 0.300. The number of carbonyl (C=O) groups is 1. The summed E-state index contributed by atoms with van der Waals surface area (Å²) in [6, 6.07) is 3.69. The molecule has 0 aliphatic rings. The van der Waals surface area contributed by atoms with Gasteiger partial charge >= 0.3 is 0 Å². The molecule has 1 nitrogen and oxygen atoms in total. The first-order chi connectivity index (χ1) is 6.15. The van der Waals surface area contributed by atoms with E-state index < -0.39 is 11.6 Å². The Morgan fingerprint density at radius 3 is 2.38 bits per heavy atom. The molecule has 0 heterocycles. The molecule has 0 saturated carbocycles. The summed E-state index contributed by atoms with van der Waals surface area (Å²) in [5.41, 5.74) is -0.0119. The van der Waals surface area contributed by atoms with Crippen molar-refractivity contribution in [3.05, 3.63) is 35.4 Å². The van der Waals surface area contributed by atoms with Crippen LogP contribution in [0.1, 0.15) is 12.5 Å². The van der Waals surface area contributed by atoms with Gasteiger partial charge in [-0.15, -0.1) is 0 Å². The second-order valence-corrected chi connectivity index (χ2v) is 3.02. The molecule has 1 aromatic rings. The Balaban J connectivity index is 2.93. The molecule has 0 spiro atoms. The van der Waals surface area contributed by atoms with Gasteiger partial charge in [-0.05, 0) is 18.6 Å². The van der Waals surface area contributed by atoms with Crippen LogP contribution in [0.4, 0.5) is 8.78 Å². The van der Waals surface area contributed by atoms with Crippen LogP contribution < -0.4 is 0 Å². The summed E-state index contributed by atoms with van der Waals surface area (Å²) < 4.78 is 26.0. The lowest BCUT2D eigenvalue weighted by Crippen LogP contribution is -2.05. The Hall–Kier alpha value is -1.25. The molecule has 1 unspecified atom stereocenters. The van der Waals surface area contributed by atoms with Gasteiger partial charge in [-0.2, -0.15) is 0 Å². The summed E-state index contributed by atoms with van der Waals surface area (Å²) in [5.74, 6) is -1.53. The fourth-order valence-electron chi connectivity index (χ4n) is 1.10.